The largest absolute Gasteiger partial charge is 0.297 e. The van der Waals surface area contributed by atoms with E-state index in [0.29, 0.717) is 12.3 Å². The number of amides is 1. The molecule has 0 bridgehead atoms. The van der Waals surface area contributed by atoms with Crippen LogP contribution in [0.4, 0.5) is 0 Å². The molecule has 0 fully saturated rings. The third kappa shape index (κ3) is 1.93. The van der Waals surface area contributed by atoms with E-state index in [1.165, 1.54) is 0 Å². The third-order valence-corrected chi connectivity index (χ3v) is 3.16. The highest BCUT2D eigenvalue weighted by Crippen LogP contribution is 2.26. The zero-order valence-corrected chi connectivity index (χ0v) is 9.63. The Morgan fingerprint density at radius 3 is 3.20 bits per heavy atom. The van der Waals surface area contributed by atoms with E-state index in [2.05, 4.69) is 4.99 Å². The number of fused-ring (bicyclic) bond motifs is 1. The van der Waals surface area contributed by atoms with Crippen molar-refractivity contribution in [2.24, 2.45) is 10.9 Å². The molecule has 0 saturated heterocycles. The van der Waals surface area contributed by atoms with E-state index in [9.17, 15) is 4.79 Å². The number of allylic oxidation sites excluding steroid dienone is 1. The maximum absolute atomic E-state index is 12.1. The first-order valence-corrected chi connectivity index (χ1v) is 5.90. The smallest absolute Gasteiger partial charge is 0.236 e. The van der Waals surface area contributed by atoms with Crippen molar-refractivity contribution in [3.05, 3.63) is 11.9 Å². The van der Waals surface area contributed by atoms with E-state index in [1.807, 2.05) is 13.0 Å². The second-order valence-electron chi connectivity index (χ2n) is 3.98. The van der Waals surface area contributed by atoms with Gasteiger partial charge in [0.1, 0.15) is 5.82 Å². The van der Waals surface area contributed by atoms with Crippen molar-refractivity contribution in [1.29, 1.82) is 0 Å². The molecule has 2 aliphatic heterocycles. The van der Waals surface area contributed by atoms with Gasteiger partial charge in [-0.1, -0.05) is 0 Å². The van der Waals surface area contributed by atoms with Crippen molar-refractivity contribution >= 4 is 23.2 Å². The molecule has 1 atom stereocenters. The maximum atomic E-state index is 12.1. The van der Waals surface area contributed by atoms with Crippen molar-refractivity contribution < 1.29 is 4.79 Å². The molecule has 0 N–H and O–H groups in total. The van der Waals surface area contributed by atoms with Gasteiger partial charge in [-0.3, -0.25) is 9.69 Å². The van der Waals surface area contributed by atoms with Crippen LogP contribution in [0.2, 0.25) is 0 Å². The molecular formula is C11H15ClN2O. The first kappa shape index (κ1) is 10.7. The fraction of sp³-hybridized carbons (Fsp3) is 0.636. The molecule has 0 aromatic rings. The molecule has 4 heteroatoms. The summed E-state index contributed by atoms with van der Waals surface area (Å²) in [5.74, 6) is 1.43. The highest BCUT2D eigenvalue weighted by molar-refractivity contribution is 6.18. The molecule has 2 heterocycles. The number of nitrogens with zero attached hydrogens (tertiary/aromatic N) is 2. The Labute approximate surface area is 94.8 Å². The second-order valence-corrected chi connectivity index (χ2v) is 4.36. The van der Waals surface area contributed by atoms with Gasteiger partial charge in [0.05, 0.1) is 5.92 Å². The molecule has 0 aromatic heterocycles. The van der Waals surface area contributed by atoms with Gasteiger partial charge in [0.25, 0.3) is 0 Å². The molecule has 0 aromatic carbocycles. The molecule has 0 saturated carbocycles. The van der Waals surface area contributed by atoms with Crippen LogP contribution in [0.15, 0.2) is 16.9 Å². The lowest BCUT2D eigenvalue weighted by Crippen LogP contribution is -2.43. The summed E-state index contributed by atoms with van der Waals surface area (Å²) in [4.78, 5) is 18.4. The zero-order valence-electron chi connectivity index (χ0n) is 8.87. The van der Waals surface area contributed by atoms with Crippen molar-refractivity contribution in [1.82, 2.24) is 4.90 Å². The Morgan fingerprint density at radius 2 is 2.47 bits per heavy atom. The Kier molecular flexibility index (Phi) is 3.10. The number of carbonyl (C=O) groups is 1. The second kappa shape index (κ2) is 4.35. The van der Waals surface area contributed by atoms with Crippen molar-refractivity contribution in [2.45, 2.75) is 26.2 Å². The van der Waals surface area contributed by atoms with Crippen LogP contribution in [0.1, 0.15) is 26.2 Å². The standard InChI is InChI=1S/C11H15ClN2O/c1-8-9(5-6-12)11(15)14-7-3-2-4-10(14)13-8/h4,9H,2-3,5-7H2,1H3. The third-order valence-electron chi connectivity index (χ3n) is 2.95. The van der Waals surface area contributed by atoms with Gasteiger partial charge in [-0.25, -0.2) is 4.99 Å². The normalized spacial score (nSPS) is 25.9. The average Bonchev–Trinajstić information content (AvgIpc) is 2.24. The lowest BCUT2D eigenvalue weighted by molar-refractivity contribution is -0.132. The number of alkyl halides is 1. The summed E-state index contributed by atoms with van der Waals surface area (Å²) in [5.41, 5.74) is 0.907. The minimum atomic E-state index is -0.0993. The van der Waals surface area contributed by atoms with Crippen LogP contribution < -0.4 is 0 Å². The number of halogens is 1. The van der Waals surface area contributed by atoms with Crippen LogP contribution in [-0.4, -0.2) is 28.9 Å². The predicted molar refractivity (Wildman–Crippen MR) is 61.0 cm³/mol. The van der Waals surface area contributed by atoms with Gasteiger partial charge < -0.3 is 0 Å². The van der Waals surface area contributed by atoms with Crippen molar-refractivity contribution in [2.75, 3.05) is 12.4 Å². The number of hydrogen-bond donors (Lipinski definition) is 0. The first-order chi connectivity index (χ1) is 7.24. The first-order valence-electron chi connectivity index (χ1n) is 5.36. The molecule has 0 spiro atoms. The summed E-state index contributed by atoms with van der Waals surface area (Å²) in [6.07, 6.45) is 4.80. The van der Waals surface area contributed by atoms with Crippen molar-refractivity contribution in [3.63, 3.8) is 0 Å². The topological polar surface area (TPSA) is 32.7 Å². The van der Waals surface area contributed by atoms with Crippen molar-refractivity contribution in [3.8, 4) is 0 Å². The van der Waals surface area contributed by atoms with Gasteiger partial charge in [-0.15, -0.1) is 11.6 Å². The van der Waals surface area contributed by atoms with Crippen LogP contribution in [0, 0.1) is 5.92 Å². The lowest BCUT2D eigenvalue weighted by Gasteiger charge is -2.34. The minimum absolute atomic E-state index is 0.0993. The lowest BCUT2D eigenvalue weighted by atomic mass is 9.96. The highest BCUT2D eigenvalue weighted by atomic mass is 35.5. The number of carbonyl (C=O) groups excluding carboxylic acids is 1. The van der Waals surface area contributed by atoms with Gasteiger partial charge in [0, 0.05) is 18.1 Å². The summed E-state index contributed by atoms with van der Waals surface area (Å²) in [7, 11) is 0. The summed E-state index contributed by atoms with van der Waals surface area (Å²) < 4.78 is 0. The fourth-order valence-corrected chi connectivity index (χ4v) is 2.32. The Morgan fingerprint density at radius 1 is 1.67 bits per heavy atom. The number of hydrogen-bond acceptors (Lipinski definition) is 2. The van der Waals surface area contributed by atoms with Crippen LogP contribution >= 0.6 is 11.6 Å². The molecule has 3 nitrogen and oxygen atoms in total. The summed E-state index contributed by atoms with van der Waals surface area (Å²) in [5, 5.41) is 0. The van der Waals surface area contributed by atoms with Crippen LogP contribution in [0.25, 0.3) is 0 Å². The van der Waals surface area contributed by atoms with Crippen LogP contribution in [-0.2, 0) is 4.79 Å². The fourth-order valence-electron chi connectivity index (χ4n) is 2.10. The Bertz CT molecular complexity index is 335. The predicted octanol–water partition coefficient (Wildman–Crippen LogP) is 2.17. The number of rotatable bonds is 2. The van der Waals surface area contributed by atoms with Gasteiger partial charge in [0.2, 0.25) is 5.91 Å². The molecule has 15 heavy (non-hydrogen) atoms. The molecule has 0 radical (unpaired) electrons. The summed E-state index contributed by atoms with van der Waals surface area (Å²) >= 11 is 5.70. The molecule has 2 aliphatic rings. The van der Waals surface area contributed by atoms with Gasteiger partial charge >= 0.3 is 0 Å². The van der Waals surface area contributed by atoms with E-state index in [1.54, 1.807) is 4.90 Å². The molecular weight excluding hydrogens is 212 g/mol. The minimum Gasteiger partial charge on any atom is -0.297 e. The Hall–Kier alpha value is -0.830. The quantitative estimate of drug-likeness (QED) is 0.665. The van der Waals surface area contributed by atoms with E-state index in [-0.39, 0.29) is 11.8 Å². The van der Waals surface area contributed by atoms with E-state index in [4.69, 9.17) is 11.6 Å². The summed E-state index contributed by atoms with van der Waals surface area (Å²) in [6, 6.07) is 0. The van der Waals surface area contributed by atoms with Gasteiger partial charge in [-0.05, 0) is 32.3 Å². The van der Waals surface area contributed by atoms with E-state index < -0.39 is 0 Å². The van der Waals surface area contributed by atoms with E-state index >= 15 is 0 Å². The van der Waals surface area contributed by atoms with Crippen LogP contribution in [0.5, 0.6) is 0 Å². The molecule has 0 aliphatic carbocycles. The molecule has 1 unspecified atom stereocenters. The maximum Gasteiger partial charge on any atom is 0.236 e. The molecule has 82 valence electrons. The van der Waals surface area contributed by atoms with Gasteiger partial charge in [-0.2, -0.15) is 0 Å². The Balaban J connectivity index is 2.29. The number of aliphatic imine (C=N–C) groups is 1. The average molecular weight is 227 g/mol. The monoisotopic (exact) mass is 226 g/mol. The van der Waals surface area contributed by atoms with Gasteiger partial charge in [0.15, 0.2) is 0 Å². The molecule has 2 rings (SSSR count). The SMILES string of the molecule is CC1=NC2=CCCCN2C(=O)C1CCCl. The van der Waals surface area contributed by atoms with E-state index in [0.717, 1.165) is 30.9 Å². The molecule has 1 amide bonds. The summed E-state index contributed by atoms with van der Waals surface area (Å²) in [6.45, 7) is 2.72. The van der Waals surface area contributed by atoms with Crippen LogP contribution in [0.3, 0.4) is 0 Å². The zero-order chi connectivity index (χ0) is 10.8. The highest BCUT2D eigenvalue weighted by Gasteiger charge is 2.33.